The zero-order valence-corrected chi connectivity index (χ0v) is 45.4. The molecule has 8 aromatic rings. The van der Waals surface area contributed by atoms with Gasteiger partial charge in [0.2, 0.25) is 0 Å². The smallest absolute Gasteiger partial charge is 0.181 e. The van der Waals surface area contributed by atoms with E-state index < -0.39 is 0 Å². The van der Waals surface area contributed by atoms with E-state index in [0.29, 0.717) is 0 Å². The highest BCUT2D eigenvalue weighted by atomic mass is 15.3. The monoisotopic (exact) mass is 941 g/mol. The van der Waals surface area contributed by atoms with E-state index in [1.165, 1.54) is 141 Å². The summed E-state index contributed by atoms with van der Waals surface area (Å²) in [5.74, 6) is 0. The minimum Gasteiger partial charge on any atom is -0.334 e. The SMILES string of the molecule is Cc1ccc2c(c1)N(Cc1ccc(C[n+]3c(C)cc(Cc4cc(C)[n+](C)c(C)c4C)c(C)c3C)cc1)c1cc(C)ccc1N2Cc1ccc(C[n+]2c(C)cc(Cc3cc(C)[n+](C)c(C)c3)c(C)c2C)cc1. The van der Waals surface area contributed by atoms with Crippen LogP contribution in [0, 0.1) is 90.0 Å². The maximum absolute atomic E-state index is 2.54. The number of benzene rings is 4. The molecule has 0 aliphatic carbocycles. The highest BCUT2D eigenvalue weighted by Gasteiger charge is 2.30. The first kappa shape index (κ1) is 49.1. The Morgan fingerprint density at radius 3 is 1.14 bits per heavy atom. The van der Waals surface area contributed by atoms with Gasteiger partial charge in [-0.25, -0.2) is 9.13 Å². The van der Waals surface area contributed by atoms with Crippen molar-refractivity contribution in [2.45, 2.75) is 129 Å². The summed E-state index contributed by atoms with van der Waals surface area (Å²) in [5, 5.41) is 0. The Hall–Kier alpha value is -6.92. The molecule has 1 aliphatic heterocycles. The molecule has 4 aromatic carbocycles. The molecular weight excluding hydrogens is 865 g/mol. The van der Waals surface area contributed by atoms with Gasteiger partial charge in [-0.3, -0.25) is 0 Å². The van der Waals surface area contributed by atoms with Gasteiger partial charge in [0.25, 0.3) is 0 Å². The summed E-state index contributed by atoms with van der Waals surface area (Å²) in [6.45, 7) is 32.5. The summed E-state index contributed by atoms with van der Waals surface area (Å²) >= 11 is 0. The third-order valence-corrected chi connectivity index (χ3v) is 16.4. The molecule has 0 saturated heterocycles. The van der Waals surface area contributed by atoms with Gasteiger partial charge in [-0.05, 0) is 116 Å². The van der Waals surface area contributed by atoms with Crippen molar-refractivity contribution in [2.24, 2.45) is 14.1 Å². The van der Waals surface area contributed by atoms with Gasteiger partial charge in [-0.1, -0.05) is 60.7 Å². The summed E-state index contributed by atoms with van der Waals surface area (Å²) in [6, 6.07) is 44.4. The number of aromatic nitrogens is 4. The highest BCUT2D eigenvalue weighted by molar-refractivity contribution is 5.93. The standard InChI is InChI=1S/C65H76N6/c1-41-16-26-62-64(28-41)71(40-57-24-20-55(21-25-57)38-69-47(7)34-61(50(10)53(69)13)36-60-32-45(5)67(15)51(11)48(60)8)65-29-42(2)17-27-63(65)70(62)39-56-22-18-54(19-23-56)37-68-46(6)33-59(49(9)52(68)12)35-58-30-43(3)66(14)44(4)31-58/h16-34H,35-40H2,1-15H3/q+4. The van der Waals surface area contributed by atoms with Gasteiger partial charge in [0.1, 0.15) is 14.1 Å². The van der Waals surface area contributed by atoms with Gasteiger partial charge in [-0.15, -0.1) is 0 Å². The van der Waals surface area contributed by atoms with Crippen LogP contribution in [0.4, 0.5) is 22.7 Å². The second-order valence-corrected chi connectivity index (χ2v) is 21.1. The van der Waals surface area contributed by atoms with Gasteiger partial charge < -0.3 is 9.80 Å². The molecule has 0 N–H and O–H groups in total. The number of aryl methyl sites for hydroxylation is 7. The lowest BCUT2D eigenvalue weighted by Crippen LogP contribution is -2.42. The van der Waals surface area contributed by atoms with E-state index >= 15 is 0 Å². The van der Waals surface area contributed by atoms with E-state index in [1.807, 2.05) is 0 Å². The van der Waals surface area contributed by atoms with Crippen LogP contribution in [0.1, 0.15) is 118 Å². The average molecular weight is 941 g/mol. The van der Waals surface area contributed by atoms with Crippen LogP contribution in [0.2, 0.25) is 0 Å². The van der Waals surface area contributed by atoms with Crippen LogP contribution in [0.5, 0.6) is 0 Å². The van der Waals surface area contributed by atoms with Gasteiger partial charge in [-0.2, -0.15) is 9.13 Å². The molecule has 71 heavy (non-hydrogen) atoms. The summed E-state index contributed by atoms with van der Waals surface area (Å²) in [5.41, 5.74) is 33.0. The summed E-state index contributed by atoms with van der Waals surface area (Å²) < 4.78 is 9.52. The van der Waals surface area contributed by atoms with Crippen molar-refractivity contribution in [3.63, 3.8) is 0 Å². The zero-order valence-electron chi connectivity index (χ0n) is 45.4. The molecule has 5 heterocycles. The molecule has 6 nitrogen and oxygen atoms in total. The topological polar surface area (TPSA) is 22.0 Å². The van der Waals surface area contributed by atoms with Crippen LogP contribution in [-0.4, -0.2) is 0 Å². The largest absolute Gasteiger partial charge is 0.334 e. The Morgan fingerprint density at radius 1 is 0.324 bits per heavy atom. The van der Waals surface area contributed by atoms with Crippen molar-refractivity contribution < 1.29 is 18.3 Å². The van der Waals surface area contributed by atoms with E-state index in [9.17, 15) is 0 Å². The molecule has 362 valence electrons. The second kappa shape index (κ2) is 19.7. The summed E-state index contributed by atoms with van der Waals surface area (Å²) in [7, 11) is 4.31. The summed E-state index contributed by atoms with van der Waals surface area (Å²) in [4.78, 5) is 5.07. The first-order valence-corrected chi connectivity index (χ1v) is 25.7. The van der Waals surface area contributed by atoms with Gasteiger partial charge >= 0.3 is 0 Å². The number of nitrogens with zero attached hydrogens (tertiary/aromatic N) is 6. The molecule has 0 radical (unpaired) electrons. The lowest BCUT2D eigenvalue weighted by atomic mass is 9.95. The van der Waals surface area contributed by atoms with Crippen LogP contribution < -0.4 is 28.1 Å². The summed E-state index contributed by atoms with van der Waals surface area (Å²) in [6.07, 6.45) is 1.90. The molecule has 4 aromatic heterocycles. The molecule has 0 bridgehead atoms. The number of hydrogen-bond acceptors (Lipinski definition) is 2. The van der Waals surface area contributed by atoms with E-state index in [2.05, 4.69) is 247 Å². The molecule has 0 spiro atoms. The van der Waals surface area contributed by atoms with Crippen molar-refractivity contribution in [2.75, 3.05) is 9.80 Å². The molecule has 0 amide bonds. The molecule has 9 rings (SSSR count). The predicted octanol–water partition coefficient (Wildman–Crippen LogP) is 12.2. The first-order chi connectivity index (χ1) is 33.8. The third-order valence-electron chi connectivity index (χ3n) is 16.4. The van der Waals surface area contributed by atoms with Gasteiger partial charge in [0.05, 0.1) is 22.7 Å². The van der Waals surface area contributed by atoms with Gasteiger partial charge in [0.15, 0.2) is 58.6 Å². The number of fused-ring (bicyclic) bond motifs is 2. The first-order valence-electron chi connectivity index (χ1n) is 25.7. The zero-order chi connectivity index (χ0) is 50.6. The molecule has 1 aliphatic rings. The molecule has 0 unspecified atom stereocenters. The molecule has 6 heteroatoms. The number of rotatable bonds is 12. The lowest BCUT2D eigenvalue weighted by molar-refractivity contribution is -0.700. The van der Waals surface area contributed by atoms with Crippen LogP contribution in [0.15, 0.2) is 115 Å². The predicted molar refractivity (Wildman–Crippen MR) is 291 cm³/mol. The van der Waals surface area contributed by atoms with E-state index in [1.54, 1.807) is 0 Å². The minimum absolute atomic E-state index is 0.783. The van der Waals surface area contributed by atoms with E-state index in [0.717, 1.165) is 39.0 Å². The minimum atomic E-state index is 0.783. The Balaban J connectivity index is 0.923. The fraction of sp³-hybridized carbons (Fsp3) is 0.323. The fourth-order valence-corrected chi connectivity index (χ4v) is 11.1. The fourth-order valence-electron chi connectivity index (χ4n) is 11.1. The van der Waals surface area contributed by atoms with Gasteiger partial charge in [0, 0.05) is 127 Å². The second-order valence-electron chi connectivity index (χ2n) is 21.1. The molecule has 0 fully saturated rings. The van der Waals surface area contributed by atoms with E-state index in [4.69, 9.17) is 0 Å². The Labute approximate surface area is 425 Å². The average Bonchev–Trinajstić information content (AvgIpc) is 3.34. The molecule has 0 atom stereocenters. The maximum Gasteiger partial charge on any atom is 0.181 e. The molecule has 0 saturated carbocycles. The quantitative estimate of drug-likeness (QED) is 0.114. The lowest BCUT2D eigenvalue weighted by Gasteiger charge is -2.41. The Kier molecular flexibility index (Phi) is 13.6. The van der Waals surface area contributed by atoms with Crippen LogP contribution in [0.25, 0.3) is 0 Å². The van der Waals surface area contributed by atoms with Crippen molar-refractivity contribution in [1.82, 2.24) is 0 Å². The normalized spacial score (nSPS) is 12.2. The van der Waals surface area contributed by atoms with Crippen LogP contribution in [-0.2, 0) is 53.1 Å². The number of pyridine rings is 4. The Bertz CT molecular complexity index is 3280. The van der Waals surface area contributed by atoms with E-state index in [-0.39, 0.29) is 0 Å². The Morgan fingerprint density at radius 2 is 0.690 bits per heavy atom. The highest BCUT2D eigenvalue weighted by Crippen LogP contribution is 2.50. The maximum atomic E-state index is 2.54. The van der Waals surface area contributed by atoms with Crippen molar-refractivity contribution in [3.8, 4) is 0 Å². The van der Waals surface area contributed by atoms with Crippen molar-refractivity contribution in [1.29, 1.82) is 0 Å². The van der Waals surface area contributed by atoms with Crippen LogP contribution in [0.3, 0.4) is 0 Å². The molecular formula is C65H76N6+4. The third kappa shape index (κ3) is 9.79. The van der Waals surface area contributed by atoms with Crippen LogP contribution >= 0.6 is 0 Å². The van der Waals surface area contributed by atoms with Crippen molar-refractivity contribution >= 4 is 22.7 Å². The van der Waals surface area contributed by atoms with Crippen molar-refractivity contribution in [3.05, 3.63) is 233 Å². The number of anilines is 4. The number of hydrogen-bond donors (Lipinski definition) is 0.